The Bertz CT molecular complexity index is 670. The van der Waals surface area contributed by atoms with Gasteiger partial charge in [-0.3, -0.25) is 4.98 Å². The van der Waals surface area contributed by atoms with Crippen LogP contribution in [-0.2, 0) is 9.53 Å². The van der Waals surface area contributed by atoms with Crippen LogP contribution < -0.4 is 4.74 Å². The Morgan fingerprint density at radius 3 is 2.86 bits per heavy atom. The van der Waals surface area contributed by atoms with E-state index in [9.17, 15) is 4.79 Å². The van der Waals surface area contributed by atoms with E-state index >= 15 is 0 Å². The van der Waals surface area contributed by atoms with Gasteiger partial charge in [0.2, 0.25) is 0 Å². The van der Waals surface area contributed by atoms with Crippen LogP contribution in [0.1, 0.15) is 19.3 Å². The maximum absolute atomic E-state index is 11.4. The van der Waals surface area contributed by atoms with Crippen LogP contribution in [0.25, 0.3) is 10.9 Å². The van der Waals surface area contributed by atoms with Crippen molar-refractivity contribution in [3.63, 3.8) is 0 Å². The van der Waals surface area contributed by atoms with Gasteiger partial charge >= 0.3 is 0 Å². The highest BCUT2D eigenvalue weighted by Gasteiger charge is 2.38. The molecule has 0 atom stereocenters. The molecule has 0 N–H and O–H groups in total. The number of rotatable bonds is 7. The number of carbonyl (C=O) groups is 1. The Kier molecular flexibility index (Phi) is 4.64. The van der Waals surface area contributed by atoms with Crippen LogP contribution in [0.3, 0.4) is 0 Å². The van der Waals surface area contributed by atoms with E-state index in [0.29, 0.717) is 13.2 Å². The average molecular weight is 317 g/mol. The van der Waals surface area contributed by atoms with Crippen LogP contribution >= 0.6 is 11.8 Å². The van der Waals surface area contributed by atoms with Gasteiger partial charge in [-0.15, -0.1) is 11.8 Å². The molecule has 1 saturated carbocycles. The molecule has 0 bridgehead atoms. The zero-order valence-corrected chi connectivity index (χ0v) is 13.4. The van der Waals surface area contributed by atoms with Crippen molar-refractivity contribution in [2.24, 2.45) is 0 Å². The number of carbonyl (C=O) groups excluding carboxylic acids is 1. The van der Waals surface area contributed by atoms with Gasteiger partial charge < -0.3 is 14.3 Å². The summed E-state index contributed by atoms with van der Waals surface area (Å²) in [7, 11) is 1.65. The van der Waals surface area contributed by atoms with E-state index < -0.39 is 0 Å². The summed E-state index contributed by atoms with van der Waals surface area (Å²) in [6.07, 6.45) is 5.93. The summed E-state index contributed by atoms with van der Waals surface area (Å²) >= 11 is 1.66. The standard InChI is InChI=1S/C17H19NO3S/c1-20-9-10-21-13-3-4-15-14(11-13)16(5-8-18-15)22-17(12-19)6-2-7-17/h3-5,8,11-12H,2,6-7,9-10H2,1H3. The second kappa shape index (κ2) is 6.67. The van der Waals surface area contributed by atoms with Gasteiger partial charge in [0.05, 0.1) is 16.9 Å². The average Bonchev–Trinajstić information content (AvgIpc) is 2.51. The molecule has 1 aliphatic carbocycles. The van der Waals surface area contributed by atoms with Crippen molar-refractivity contribution < 1.29 is 14.3 Å². The van der Waals surface area contributed by atoms with Crippen LogP contribution in [0.15, 0.2) is 35.4 Å². The number of aromatic nitrogens is 1. The topological polar surface area (TPSA) is 48.4 Å². The quantitative estimate of drug-likeness (QED) is 0.578. The highest BCUT2D eigenvalue weighted by molar-refractivity contribution is 8.01. The molecule has 1 aromatic heterocycles. The summed E-state index contributed by atoms with van der Waals surface area (Å²) in [5, 5.41) is 1.04. The van der Waals surface area contributed by atoms with Crippen LogP contribution in [0, 0.1) is 0 Å². The molecule has 0 saturated heterocycles. The number of fused-ring (bicyclic) bond motifs is 1. The largest absolute Gasteiger partial charge is 0.491 e. The molecule has 4 nitrogen and oxygen atoms in total. The highest BCUT2D eigenvalue weighted by Crippen LogP contribution is 2.47. The number of nitrogens with zero attached hydrogens (tertiary/aromatic N) is 1. The molecule has 1 heterocycles. The molecule has 1 aliphatic rings. The smallest absolute Gasteiger partial charge is 0.136 e. The summed E-state index contributed by atoms with van der Waals surface area (Å²) in [5.74, 6) is 0.799. The number of ether oxygens (including phenoxy) is 2. The van der Waals surface area contributed by atoms with E-state index in [0.717, 1.165) is 47.1 Å². The van der Waals surface area contributed by atoms with Crippen molar-refractivity contribution in [2.45, 2.75) is 28.9 Å². The van der Waals surface area contributed by atoms with Crippen molar-refractivity contribution >= 4 is 29.0 Å². The summed E-state index contributed by atoms with van der Waals surface area (Å²) in [6, 6.07) is 7.85. The predicted octanol–water partition coefficient (Wildman–Crippen LogP) is 3.47. The molecule has 2 aromatic rings. The van der Waals surface area contributed by atoms with Gasteiger partial charge in [-0.2, -0.15) is 0 Å². The van der Waals surface area contributed by atoms with Gasteiger partial charge in [-0.25, -0.2) is 0 Å². The SMILES string of the molecule is COCCOc1ccc2nccc(SC3(C=O)CCC3)c2c1. The fourth-order valence-electron chi connectivity index (χ4n) is 2.51. The first-order chi connectivity index (χ1) is 10.8. The Morgan fingerprint density at radius 1 is 1.32 bits per heavy atom. The molecular weight excluding hydrogens is 298 g/mol. The first-order valence-electron chi connectivity index (χ1n) is 7.42. The van der Waals surface area contributed by atoms with E-state index in [2.05, 4.69) is 4.98 Å². The Balaban J connectivity index is 1.88. The number of pyridine rings is 1. The number of methoxy groups -OCH3 is 1. The lowest BCUT2D eigenvalue weighted by atomic mass is 9.86. The molecule has 22 heavy (non-hydrogen) atoms. The predicted molar refractivity (Wildman–Crippen MR) is 87.6 cm³/mol. The minimum atomic E-state index is -0.249. The monoisotopic (exact) mass is 317 g/mol. The molecule has 0 unspecified atom stereocenters. The number of hydrogen-bond donors (Lipinski definition) is 0. The maximum atomic E-state index is 11.4. The second-order valence-corrected chi connectivity index (χ2v) is 6.92. The molecule has 0 amide bonds. The molecular formula is C17H19NO3S. The minimum Gasteiger partial charge on any atom is -0.491 e. The lowest BCUT2D eigenvalue weighted by molar-refractivity contribution is -0.111. The Labute approximate surface area is 134 Å². The van der Waals surface area contributed by atoms with Crippen molar-refractivity contribution in [1.82, 2.24) is 4.98 Å². The highest BCUT2D eigenvalue weighted by atomic mass is 32.2. The molecule has 5 heteroatoms. The molecule has 0 aliphatic heterocycles. The zero-order valence-electron chi connectivity index (χ0n) is 12.6. The molecule has 0 radical (unpaired) electrons. The summed E-state index contributed by atoms with van der Waals surface area (Å²) in [4.78, 5) is 16.9. The van der Waals surface area contributed by atoms with Crippen molar-refractivity contribution in [3.8, 4) is 5.75 Å². The van der Waals surface area contributed by atoms with Crippen LogP contribution in [0.4, 0.5) is 0 Å². The van der Waals surface area contributed by atoms with E-state index in [4.69, 9.17) is 9.47 Å². The third-order valence-corrected chi connectivity index (χ3v) is 5.44. The fraction of sp³-hybridized carbons (Fsp3) is 0.412. The van der Waals surface area contributed by atoms with Gasteiger partial charge in [0.15, 0.2) is 0 Å². The summed E-state index contributed by atoms with van der Waals surface area (Å²) in [5.41, 5.74) is 0.921. The normalized spacial score (nSPS) is 16.2. The first kappa shape index (κ1) is 15.3. The van der Waals surface area contributed by atoms with Crippen LogP contribution in [-0.4, -0.2) is 36.3 Å². The second-order valence-electron chi connectivity index (χ2n) is 5.47. The number of hydrogen-bond acceptors (Lipinski definition) is 5. The van der Waals surface area contributed by atoms with Crippen molar-refractivity contribution in [1.29, 1.82) is 0 Å². The zero-order chi connectivity index (χ0) is 15.4. The van der Waals surface area contributed by atoms with E-state index in [1.54, 1.807) is 25.1 Å². The van der Waals surface area contributed by atoms with Crippen LogP contribution in [0.5, 0.6) is 5.75 Å². The van der Waals surface area contributed by atoms with E-state index in [1.807, 2.05) is 24.3 Å². The third kappa shape index (κ3) is 3.10. The van der Waals surface area contributed by atoms with Crippen molar-refractivity contribution in [2.75, 3.05) is 20.3 Å². The van der Waals surface area contributed by atoms with Gasteiger partial charge in [0.1, 0.15) is 18.6 Å². The maximum Gasteiger partial charge on any atom is 0.136 e. The lowest BCUT2D eigenvalue weighted by Gasteiger charge is -2.36. The van der Waals surface area contributed by atoms with Gasteiger partial charge in [0, 0.05) is 23.6 Å². The summed E-state index contributed by atoms with van der Waals surface area (Å²) < 4.78 is 10.4. The summed E-state index contributed by atoms with van der Waals surface area (Å²) in [6.45, 7) is 1.07. The number of thioether (sulfide) groups is 1. The van der Waals surface area contributed by atoms with Crippen molar-refractivity contribution in [3.05, 3.63) is 30.5 Å². The fourth-order valence-corrected chi connectivity index (χ4v) is 3.89. The van der Waals surface area contributed by atoms with Crippen LogP contribution in [0.2, 0.25) is 0 Å². The van der Waals surface area contributed by atoms with Gasteiger partial charge in [0.25, 0.3) is 0 Å². The third-order valence-electron chi connectivity index (χ3n) is 3.96. The van der Waals surface area contributed by atoms with E-state index in [-0.39, 0.29) is 4.75 Å². The number of aldehydes is 1. The molecule has 116 valence electrons. The van der Waals surface area contributed by atoms with Gasteiger partial charge in [-0.05, 0) is 43.5 Å². The molecule has 1 aromatic carbocycles. The lowest BCUT2D eigenvalue weighted by Crippen LogP contribution is -2.34. The molecule has 1 fully saturated rings. The van der Waals surface area contributed by atoms with Gasteiger partial charge in [-0.1, -0.05) is 0 Å². The molecule has 3 rings (SSSR count). The first-order valence-corrected chi connectivity index (χ1v) is 8.24. The van der Waals surface area contributed by atoms with E-state index in [1.165, 1.54) is 0 Å². The molecule has 0 spiro atoms. The Hall–Kier alpha value is -1.59. The minimum absolute atomic E-state index is 0.249. The number of benzene rings is 1. The Morgan fingerprint density at radius 2 is 2.18 bits per heavy atom.